The van der Waals surface area contributed by atoms with Gasteiger partial charge in [0.2, 0.25) is 35.4 Å². The predicted molar refractivity (Wildman–Crippen MR) is 443 cm³/mol. The Bertz CT molecular complexity index is 5000. The van der Waals surface area contributed by atoms with E-state index in [0.717, 1.165) is 47.2 Å². The second-order valence-corrected chi connectivity index (χ2v) is 42.0. The Morgan fingerprint density at radius 2 is 0.911 bits per heavy atom. The van der Waals surface area contributed by atoms with Gasteiger partial charge in [-0.1, -0.05) is 73.3 Å². The SMILES string of the molecule is CC[C@@H]1C[C@]1(CC(=O)[C@@H]1C[C@@H](Oc2nccc3cc(OC)ccc23)CN1C(=O)[C@@H](CC(=O)OC(C)(C)C)C(C)(C)C)C(=O)NS(=O)(=O)OC1(C)CC1.CC[C@@H]1C[C@]1(CC(=O)[C@@H]1C[C@@H](Oc2nccc3cc(OC)ccc23)CN1C(=O)[C@@H](CC(=O)OC1C[C@@H]2C[C@@H]2C1)C(C)(C)C)C(=O)NS(=O)(=O)OC1(C)CC1.O=C(OC1C[C@@H]2C[C@@H]2C1)ON1C(=O)CCC1=O. The lowest BCUT2D eigenvalue weighted by Crippen LogP contribution is -2.49. The molecule has 672 valence electrons. The number of ether oxygens (including phenoxy) is 7. The first-order valence-electron chi connectivity index (χ1n) is 43.2. The van der Waals surface area contributed by atoms with Gasteiger partial charge in [-0.15, -0.1) is 0 Å². The van der Waals surface area contributed by atoms with Crippen molar-refractivity contribution >= 4 is 107 Å². The van der Waals surface area contributed by atoms with Gasteiger partial charge < -0.3 is 43.0 Å². The van der Waals surface area contributed by atoms with Crippen LogP contribution in [-0.4, -0.2) is 187 Å². The number of nitrogens with one attached hydrogen (secondary N) is 2. The van der Waals surface area contributed by atoms with E-state index in [-0.39, 0.29) is 100 Å². The molecule has 0 radical (unpaired) electrons. The topological polar surface area (TPSA) is 408 Å². The maximum atomic E-state index is 14.7. The second-order valence-electron chi connectivity index (χ2n) is 39.5. The number of amides is 6. The van der Waals surface area contributed by atoms with E-state index in [1.165, 1.54) is 22.6 Å². The molecule has 6 amide bonds. The quantitative estimate of drug-likeness (QED) is 0.0268. The maximum absolute atomic E-state index is 14.7. The molecular weight excluding hydrogens is 1630 g/mol. The molecule has 5 heterocycles. The molecule has 8 saturated carbocycles. The van der Waals surface area contributed by atoms with Crippen molar-refractivity contribution < 1.29 is 116 Å². The number of carbonyl (C=O) groups is 11. The van der Waals surface area contributed by atoms with Crippen LogP contribution in [0, 0.1) is 69.0 Å². The van der Waals surface area contributed by atoms with E-state index >= 15 is 0 Å². The highest BCUT2D eigenvalue weighted by Crippen LogP contribution is 2.60. The summed E-state index contributed by atoms with van der Waals surface area (Å²) in [4.78, 5) is 162. The first-order chi connectivity index (χ1) is 57.6. The minimum Gasteiger partial charge on any atom is -0.497 e. The Hall–Kier alpha value is -9.15. The molecule has 0 spiro atoms. The number of rotatable bonds is 31. The third kappa shape index (κ3) is 22.0. The molecule has 4 aromatic rings. The number of aromatic nitrogens is 2. The molecule has 2 aromatic heterocycles. The third-order valence-corrected chi connectivity index (χ3v) is 28.7. The number of Topliss-reactive ketones (excluding diaryl/α,β-unsaturated/α-hetero) is 2. The van der Waals surface area contributed by atoms with E-state index in [0.29, 0.717) is 103 Å². The number of pyridine rings is 2. The minimum atomic E-state index is -4.40. The largest absolute Gasteiger partial charge is 0.534 e. The van der Waals surface area contributed by atoms with E-state index in [1.54, 1.807) is 73.4 Å². The predicted octanol–water partition coefficient (Wildman–Crippen LogP) is 11.6. The number of fused-ring (bicyclic) bond motifs is 4. The minimum absolute atomic E-state index is 0.0293. The summed E-state index contributed by atoms with van der Waals surface area (Å²) >= 11 is 0. The number of likely N-dealkylation sites (tertiary alicyclic amines) is 2. The lowest BCUT2D eigenvalue weighted by molar-refractivity contribution is -0.178. The number of hydrogen-bond donors (Lipinski definition) is 2. The van der Waals surface area contributed by atoms with Gasteiger partial charge in [-0.05, 0) is 217 Å². The molecule has 11 fully saturated rings. The molecule has 2 unspecified atom stereocenters. The van der Waals surface area contributed by atoms with Crippen LogP contribution in [0.4, 0.5) is 4.79 Å². The number of ketones is 2. The first kappa shape index (κ1) is 91.5. The zero-order valence-electron chi connectivity index (χ0n) is 73.1. The van der Waals surface area contributed by atoms with Gasteiger partial charge in [-0.25, -0.2) is 32.6 Å². The molecule has 0 bridgehead atoms. The molecule has 32 nitrogen and oxygen atoms in total. The van der Waals surface area contributed by atoms with E-state index in [2.05, 4.69) is 24.2 Å². The monoisotopic (exact) mass is 1750 g/mol. The molecule has 2 aromatic carbocycles. The molecule has 16 atom stereocenters. The van der Waals surface area contributed by atoms with Gasteiger partial charge in [-0.2, -0.15) is 16.8 Å². The zero-order valence-corrected chi connectivity index (χ0v) is 74.7. The lowest BCUT2D eigenvalue weighted by atomic mass is 9.77. The smallest absolute Gasteiger partial charge is 0.497 e. The van der Waals surface area contributed by atoms with Crippen LogP contribution < -0.4 is 28.4 Å². The fourth-order valence-corrected chi connectivity index (χ4v) is 20.9. The third-order valence-electron chi connectivity index (χ3n) is 26.5. The highest BCUT2D eigenvalue weighted by atomic mass is 32.2. The van der Waals surface area contributed by atoms with Crippen LogP contribution in [0.25, 0.3) is 21.5 Å². The Balaban J connectivity index is 0.000000177. The van der Waals surface area contributed by atoms with Crippen LogP contribution in [0.1, 0.15) is 231 Å². The Morgan fingerprint density at radius 3 is 1.27 bits per heavy atom. The van der Waals surface area contributed by atoms with Crippen molar-refractivity contribution in [3.05, 3.63) is 60.9 Å². The van der Waals surface area contributed by atoms with Crippen LogP contribution >= 0.6 is 0 Å². The fraction of sp³-hybridized carbons (Fsp3) is 0.674. The number of benzene rings is 2. The van der Waals surface area contributed by atoms with Crippen molar-refractivity contribution in [3.63, 3.8) is 0 Å². The van der Waals surface area contributed by atoms with Gasteiger partial charge in [0.25, 0.3) is 11.8 Å². The Kier molecular flexibility index (Phi) is 26.0. The van der Waals surface area contributed by atoms with Crippen molar-refractivity contribution in [2.24, 2.45) is 69.0 Å². The maximum Gasteiger partial charge on any atom is 0.534 e. The average molecular weight is 1750 g/mol. The highest BCUT2D eigenvalue weighted by Gasteiger charge is 2.64. The van der Waals surface area contributed by atoms with E-state index < -0.39 is 149 Å². The molecular formula is C89H119N7O25S2. The zero-order chi connectivity index (χ0) is 89.2. The lowest BCUT2D eigenvalue weighted by Gasteiger charge is -2.35. The van der Waals surface area contributed by atoms with Crippen LogP contribution in [0.5, 0.6) is 23.3 Å². The van der Waals surface area contributed by atoms with E-state index in [9.17, 15) is 69.6 Å². The van der Waals surface area contributed by atoms with Crippen LogP contribution in [-0.2, 0) is 96.0 Å². The summed E-state index contributed by atoms with van der Waals surface area (Å²) in [5.41, 5.74) is -6.30. The van der Waals surface area contributed by atoms with Crippen molar-refractivity contribution in [3.8, 4) is 23.3 Å². The van der Waals surface area contributed by atoms with E-state index in [4.69, 9.17) is 41.5 Å². The number of nitrogens with zero attached hydrogens (tertiary/aromatic N) is 5. The molecule has 3 aliphatic heterocycles. The summed E-state index contributed by atoms with van der Waals surface area (Å²) in [5.74, 6) is -2.47. The number of hydroxylamine groups is 2. The molecule has 2 N–H and O–H groups in total. The summed E-state index contributed by atoms with van der Waals surface area (Å²) in [6.07, 6.45) is 10.2. The summed E-state index contributed by atoms with van der Waals surface area (Å²) in [5, 5.41) is 3.63. The van der Waals surface area contributed by atoms with Gasteiger partial charge >= 0.3 is 38.7 Å². The molecule has 11 aliphatic rings. The first-order valence-corrected chi connectivity index (χ1v) is 46.0. The number of methoxy groups -OCH3 is 2. The number of esters is 2. The number of hydrogen-bond acceptors (Lipinski definition) is 27. The fourth-order valence-electron chi connectivity index (χ4n) is 18.5. The summed E-state index contributed by atoms with van der Waals surface area (Å²) in [6, 6.07) is 12.7. The van der Waals surface area contributed by atoms with Crippen molar-refractivity contribution in [1.82, 2.24) is 34.3 Å². The Morgan fingerprint density at radius 1 is 0.520 bits per heavy atom. The number of imide groups is 1. The summed E-state index contributed by atoms with van der Waals surface area (Å²) < 4.78 is 106. The highest BCUT2D eigenvalue weighted by molar-refractivity contribution is 7.85. The van der Waals surface area contributed by atoms with Gasteiger partial charge in [0.1, 0.15) is 41.5 Å². The average Bonchev–Trinajstić information content (AvgIpc) is 1.57. The summed E-state index contributed by atoms with van der Waals surface area (Å²) in [7, 11) is -5.64. The Labute approximate surface area is 718 Å². The summed E-state index contributed by atoms with van der Waals surface area (Å²) in [6.45, 7) is 23.7. The van der Waals surface area contributed by atoms with E-state index in [1.807, 2.05) is 91.8 Å². The second kappa shape index (κ2) is 35.0. The van der Waals surface area contributed by atoms with Gasteiger partial charge in [0, 0.05) is 61.7 Å². The molecule has 8 aliphatic carbocycles. The van der Waals surface area contributed by atoms with Crippen LogP contribution in [0.15, 0.2) is 60.9 Å². The van der Waals surface area contributed by atoms with Crippen LogP contribution in [0.2, 0.25) is 0 Å². The van der Waals surface area contributed by atoms with Crippen LogP contribution in [0.3, 0.4) is 0 Å². The van der Waals surface area contributed by atoms with Crippen molar-refractivity contribution in [2.75, 3.05) is 27.3 Å². The van der Waals surface area contributed by atoms with Gasteiger partial charge in [-0.3, -0.25) is 52.8 Å². The van der Waals surface area contributed by atoms with Gasteiger partial charge in [0.15, 0.2) is 11.6 Å². The van der Waals surface area contributed by atoms with Crippen molar-refractivity contribution in [2.45, 2.75) is 285 Å². The molecule has 34 heteroatoms. The molecule has 15 rings (SSSR count). The number of carbonyl (C=O) groups excluding carboxylic acids is 11. The van der Waals surface area contributed by atoms with Crippen molar-refractivity contribution in [1.29, 1.82) is 0 Å². The molecule has 123 heavy (non-hydrogen) atoms. The van der Waals surface area contributed by atoms with Gasteiger partial charge in [0.05, 0.1) is 86.1 Å². The normalized spacial score (nSPS) is 28.3. The standard InChI is InChI=1S/C40H53N3O10S.C38H53N3O10S.C11H13NO5/c1-7-26-20-40(26,37(47)42-54(48,49)53-39(5)11-12-39)21-33(44)32-18-29(52-35-30-9-8-27(50-6)15-23(30)10-13-41-35)22-43(32)36(46)31(38(2,3)4)19-34(45)51-28-16-24-14-25(24)17-28;1-10-24-20-38(24,34(45)40-52(46,47)51-37(8)14-15-37)21-30(42)29-18-26(49-32-27-12-11-25(48-9)17-23(27)13-16-39-32)22-41(29)33(44)28(35(2,3)4)19-31(43)50-36(5,6)7;13-9-1-2-10(14)12(9)17-11(15)16-8-4-6-3-7(6)5-8/h8-10,13,15,24-26,28-29,31-32H,7,11-12,14,16-22H2,1-6H3,(H,42,47);11-13,16-17,24,26,28-29H,10,14-15,18-22H2,1-9H3,(H,40,45);6-8H,1-5H2/t24-,25+,26-,28?,29-,31-,32+,40-;24-,26-,28-,29+,38-;6-,7+,8?/m11./s1. The molecule has 3 saturated heterocycles.